The number of nitrogens with one attached hydrogen (secondary N) is 1. The van der Waals surface area contributed by atoms with Crippen LogP contribution in [-0.2, 0) is 0 Å². The summed E-state index contributed by atoms with van der Waals surface area (Å²) in [5.41, 5.74) is 0. The highest BCUT2D eigenvalue weighted by atomic mass is 35.5. The highest BCUT2D eigenvalue weighted by molar-refractivity contribution is 5.85. The second-order valence-electron chi connectivity index (χ2n) is 3.27. The van der Waals surface area contributed by atoms with Gasteiger partial charge in [-0.2, -0.15) is 0 Å². The summed E-state index contributed by atoms with van der Waals surface area (Å²) < 4.78 is 24.6. The predicted octanol–water partition coefficient (Wildman–Crippen LogP) is 2.70. The van der Waals surface area contributed by atoms with Gasteiger partial charge in [0.15, 0.2) is 0 Å². The van der Waals surface area contributed by atoms with Gasteiger partial charge in [-0.1, -0.05) is 6.92 Å². The summed E-state index contributed by atoms with van der Waals surface area (Å²) >= 11 is 0. The number of halogens is 3. The lowest BCUT2D eigenvalue weighted by Gasteiger charge is -2.14. The van der Waals surface area contributed by atoms with E-state index in [0.29, 0.717) is 12.3 Å². The van der Waals surface area contributed by atoms with E-state index in [2.05, 4.69) is 5.32 Å². The second kappa shape index (κ2) is 6.61. The average Bonchev–Trinajstić information content (AvgIpc) is 1.83. The van der Waals surface area contributed by atoms with Crippen LogP contribution in [0.2, 0.25) is 0 Å². The first-order valence-electron chi connectivity index (χ1n) is 3.98. The minimum Gasteiger partial charge on any atom is -0.319 e. The molecule has 0 fully saturated rings. The van der Waals surface area contributed by atoms with Crippen LogP contribution in [0.4, 0.5) is 8.78 Å². The van der Waals surface area contributed by atoms with Gasteiger partial charge in [-0.3, -0.25) is 0 Å². The summed E-state index contributed by atoms with van der Waals surface area (Å²) in [5, 5.41) is 2.96. The first kappa shape index (κ1) is 14.6. The van der Waals surface area contributed by atoms with E-state index >= 15 is 0 Å². The van der Waals surface area contributed by atoms with E-state index in [-0.39, 0.29) is 18.8 Å². The molecule has 1 N–H and O–H groups in total. The summed E-state index contributed by atoms with van der Waals surface area (Å²) in [4.78, 5) is 0. The topological polar surface area (TPSA) is 12.0 Å². The van der Waals surface area contributed by atoms with Gasteiger partial charge in [0.05, 0.1) is 0 Å². The molecule has 0 radical (unpaired) electrons. The van der Waals surface area contributed by atoms with Crippen molar-refractivity contribution in [2.24, 2.45) is 5.92 Å². The van der Waals surface area contributed by atoms with Crippen LogP contribution < -0.4 is 5.32 Å². The number of alkyl halides is 2. The Bertz CT molecular complexity index is 104. The molecular weight excluding hydrogens is 184 g/mol. The molecule has 1 unspecified atom stereocenters. The quantitative estimate of drug-likeness (QED) is 0.721. The van der Waals surface area contributed by atoms with Crippen LogP contribution in [0.15, 0.2) is 0 Å². The lowest BCUT2D eigenvalue weighted by molar-refractivity contribution is 0.00733. The molecule has 12 heavy (non-hydrogen) atoms. The largest absolute Gasteiger partial charge is 0.319 e. The molecule has 0 aromatic heterocycles. The first-order valence-corrected chi connectivity index (χ1v) is 3.98. The molecule has 1 nitrogen and oxygen atoms in total. The number of hydrogen-bond acceptors (Lipinski definition) is 1. The standard InChI is InChI=1S/C8H17F2N.ClH/c1-7(6-11-3)4-5-8(2,9)10;/h7,11H,4-6H2,1-3H3;1H. The molecule has 0 aliphatic carbocycles. The van der Waals surface area contributed by atoms with Crippen molar-refractivity contribution in [2.75, 3.05) is 13.6 Å². The Morgan fingerprint density at radius 1 is 1.42 bits per heavy atom. The Kier molecular flexibility index (Phi) is 8.05. The highest BCUT2D eigenvalue weighted by Gasteiger charge is 2.21. The molecule has 0 aromatic carbocycles. The molecule has 0 aliphatic heterocycles. The van der Waals surface area contributed by atoms with Gasteiger partial charge in [0.2, 0.25) is 5.92 Å². The highest BCUT2D eigenvalue weighted by Crippen LogP contribution is 2.21. The van der Waals surface area contributed by atoms with E-state index in [4.69, 9.17) is 0 Å². The zero-order chi connectivity index (χ0) is 8.91. The van der Waals surface area contributed by atoms with Gasteiger partial charge < -0.3 is 5.32 Å². The zero-order valence-corrected chi connectivity index (χ0v) is 8.68. The van der Waals surface area contributed by atoms with Gasteiger partial charge in [-0.25, -0.2) is 8.78 Å². The molecule has 0 heterocycles. The van der Waals surface area contributed by atoms with Crippen LogP contribution in [0.25, 0.3) is 0 Å². The summed E-state index contributed by atoms with van der Waals surface area (Å²) in [7, 11) is 1.83. The van der Waals surface area contributed by atoms with Gasteiger partial charge in [0.25, 0.3) is 0 Å². The van der Waals surface area contributed by atoms with E-state index in [1.54, 1.807) is 0 Å². The van der Waals surface area contributed by atoms with Crippen molar-refractivity contribution in [3.63, 3.8) is 0 Å². The van der Waals surface area contributed by atoms with Crippen LogP contribution >= 0.6 is 12.4 Å². The Balaban J connectivity index is 0. The van der Waals surface area contributed by atoms with E-state index in [1.807, 2.05) is 14.0 Å². The van der Waals surface area contributed by atoms with Crippen molar-refractivity contribution in [1.29, 1.82) is 0 Å². The van der Waals surface area contributed by atoms with Gasteiger partial charge in [-0.15, -0.1) is 12.4 Å². The van der Waals surface area contributed by atoms with Crippen LogP contribution in [0.3, 0.4) is 0 Å². The normalized spacial score (nSPS) is 13.8. The molecule has 0 saturated heterocycles. The van der Waals surface area contributed by atoms with Crippen LogP contribution in [0.1, 0.15) is 26.7 Å². The molecule has 4 heteroatoms. The fourth-order valence-corrected chi connectivity index (χ4v) is 0.950. The molecule has 1 atom stereocenters. The first-order chi connectivity index (χ1) is 4.95. The molecule has 0 spiro atoms. The van der Waals surface area contributed by atoms with Gasteiger partial charge in [-0.05, 0) is 32.9 Å². The van der Waals surface area contributed by atoms with Crippen molar-refractivity contribution in [1.82, 2.24) is 5.32 Å². The van der Waals surface area contributed by atoms with Crippen molar-refractivity contribution >= 4 is 12.4 Å². The average molecular weight is 202 g/mol. The maximum absolute atomic E-state index is 12.3. The Hall–Kier alpha value is 0.110. The van der Waals surface area contributed by atoms with Gasteiger partial charge >= 0.3 is 0 Å². The molecule has 0 aliphatic rings. The van der Waals surface area contributed by atoms with E-state index in [0.717, 1.165) is 13.5 Å². The molecule has 0 rings (SSSR count). The third-order valence-electron chi connectivity index (χ3n) is 1.63. The monoisotopic (exact) mass is 201 g/mol. The van der Waals surface area contributed by atoms with E-state index in [1.165, 1.54) is 0 Å². The van der Waals surface area contributed by atoms with Gasteiger partial charge in [0, 0.05) is 6.42 Å². The second-order valence-corrected chi connectivity index (χ2v) is 3.27. The minimum atomic E-state index is -2.50. The zero-order valence-electron chi connectivity index (χ0n) is 7.86. The van der Waals surface area contributed by atoms with Crippen LogP contribution in [-0.4, -0.2) is 19.5 Å². The van der Waals surface area contributed by atoms with Crippen molar-refractivity contribution in [3.05, 3.63) is 0 Å². The lowest BCUT2D eigenvalue weighted by atomic mass is 10.0. The Labute approximate surface area is 79.3 Å². The van der Waals surface area contributed by atoms with E-state index in [9.17, 15) is 8.78 Å². The summed E-state index contributed by atoms with van der Waals surface area (Å²) in [6.45, 7) is 3.76. The Morgan fingerprint density at radius 3 is 2.25 bits per heavy atom. The van der Waals surface area contributed by atoms with Crippen LogP contribution in [0, 0.1) is 5.92 Å². The van der Waals surface area contributed by atoms with Gasteiger partial charge in [0.1, 0.15) is 0 Å². The number of hydrogen-bond donors (Lipinski definition) is 1. The Morgan fingerprint density at radius 2 is 1.92 bits per heavy atom. The molecule has 0 saturated carbocycles. The SMILES string of the molecule is CNCC(C)CCC(C)(F)F.Cl. The molecular formula is C8H18ClF2N. The maximum atomic E-state index is 12.3. The van der Waals surface area contributed by atoms with E-state index < -0.39 is 5.92 Å². The third kappa shape index (κ3) is 10.1. The maximum Gasteiger partial charge on any atom is 0.245 e. The van der Waals surface area contributed by atoms with Crippen molar-refractivity contribution < 1.29 is 8.78 Å². The number of rotatable bonds is 5. The molecule has 0 aromatic rings. The predicted molar refractivity (Wildman–Crippen MR) is 50.2 cm³/mol. The summed E-state index contributed by atoms with van der Waals surface area (Å²) in [5.74, 6) is -2.16. The molecule has 76 valence electrons. The summed E-state index contributed by atoms with van der Waals surface area (Å²) in [6, 6.07) is 0. The fourth-order valence-electron chi connectivity index (χ4n) is 0.950. The smallest absolute Gasteiger partial charge is 0.245 e. The lowest BCUT2D eigenvalue weighted by Crippen LogP contribution is -2.19. The third-order valence-corrected chi connectivity index (χ3v) is 1.63. The van der Waals surface area contributed by atoms with Crippen LogP contribution in [0.5, 0.6) is 0 Å². The molecule has 0 amide bonds. The minimum absolute atomic E-state index is 0. The van der Waals surface area contributed by atoms with Crippen molar-refractivity contribution in [3.8, 4) is 0 Å². The summed E-state index contributed by atoms with van der Waals surface area (Å²) in [6.07, 6.45) is 0.584. The van der Waals surface area contributed by atoms with Crippen molar-refractivity contribution in [2.45, 2.75) is 32.6 Å². The fraction of sp³-hybridized carbons (Fsp3) is 1.00. The molecule has 0 bridgehead atoms.